The van der Waals surface area contributed by atoms with Crippen LogP contribution in [0.2, 0.25) is 5.02 Å². The first-order valence-electron chi connectivity index (χ1n) is 7.83. The Balaban J connectivity index is 1.84. The minimum absolute atomic E-state index is 0.237. The Morgan fingerprint density at radius 2 is 1.71 bits per heavy atom. The summed E-state index contributed by atoms with van der Waals surface area (Å²) >= 11 is 5.89. The van der Waals surface area contributed by atoms with Crippen molar-refractivity contribution in [3.05, 3.63) is 59.1 Å². The van der Waals surface area contributed by atoms with Crippen molar-refractivity contribution in [2.24, 2.45) is 5.92 Å². The molecule has 0 bridgehead atoms. The zero-order valence-corrected chi connectivity index (χ0v) is 14.8. The number of benzene rings is 2. The van der Waals surface area contributed by atoms with Crippen molar-refractivity contribution in [3.8, 4) is 5.75 Å². The molecule has 0 spiro atoms. The van der Waals surface area contributed by atoms with Gasteiger partial charge in [-0.25, -0.2) is 4.79 Å². The Kier molecular flexibility index (Phi) is 6.50. The second-order valence-electron chi connectivity index (χ2n) is 5.74. The molecule has 5 heteroatoms. The van der Waals surface area contributed by atoms with Crippen molar-refractivity contribution >= 4 is 23.3 Å². The summed E-state index contributed by atoms with van der Waals surface area (Å²) in [6.45, 7) is 4.80. The van der Waals surface area contributed by atoms with Gasteiger partial charge in [-0.2, -0.15) is 0 Å². The number of hydrogen-bond acceptors (Lipinski definition) is 4. The van der Waals surface area contributed by atoms with Gasteiger partial charge in [0.2, 0.25) is 0 Å². The zero-order chi connectivity index (χ0) is 17.5. The molecule has 2 aromatic carbocycles. The molecule has 128 valence electrons. The lowest BCUT2D eigenvalue weighted by Crippen LogP contribution is -2.28. The van der Waals surface area contributed by atoms with Crippen LogP contribution in [0, 0.1) is 5.92 Å². The summed E-state index contributed by atoms with van der Waals surface area (Å²) in [5, 5.41) is 4.16. The minimum Gasteiger partial charge on any atom is -0.493 e. The lowest BCUT2D eigenvalue weighted by molar-refractivity contribution is 0.0600. The van der Waals surface area contributed by atoms with Crippen LogP contribution in [0.5, 0.6) is 5.75 Å². The molecule has 0 radical (unpaired) electrons. The molecule has 2 atom stereocenters. The number of halogens is 1. The van der Waals surface area contributed by atoms with E-state index in [1.54, 1.807) is 24.3 Å². The van der Waals surface area contributed by atoms with Gasteiger partial charge in [-0.3, -0.25) is 0 Å². The number of ether oxygens (including phenoxy) is 2. The molecule has 0 aliphatic rings. The molecule has 2 unspecified atom stereocenters. The van der Waals surface area contributed by atoms with Crippen LogP contribution in [0.15, 0.2) is 48.5 Å². The number of methoxy groups -OCH3 is 1. The molecule has 1 N–H and O–H groups in total. The standard InChI is InChI=1S/C19H22ClNO3/c1-13(14(2)21-17-8-6-16(20)7-9-17)12-24-18-10-4-15(5-11-18)19(22)23-3/h4-11,13-14,21H,12H2,1-3H3. The highest BCUT2D eigenvalue weighted by atomic mass is 35.5. The molecular weight excluding hydrogens is 326 g/mol. The Morgan fingerprint density at radius 3 is 2.29 bits per heavy atom. The second-order valence-corrected chi connectivity index (χ2v) is 6.18. The fraction of sp³-hybridized carbons (Fsp3) is 0.316. The summed E-state index contributed by atoms with van der Waals surface area (Å²) in [4.78, 5) is 11.4. The van der Waals surface area contributed by atoms with Crippen LogP contribution in [0.25, 0.3) is 0 Å². The molecule has 2 rings (SSSR count). The Morgan fingerprint density at radius 1 is 1.08 bits per heavy atom. The van der Waals surface area contributed by atoms with E-state index in [9.17, 15) is 4.79 Å². The molecule has 2 aromatic rings. The third-order valence-electron chi connectivity index (χ3n) is 3.88. The number of rotatable bonds is 7. The van der Waals surface area contributed by atoms with E-state index >= 15 is 0 Å². The molecule has 0 aliphatic heterocycles. The number of carbonyl (C=O) groups is 1. The molecule has 0 amide bonds. The van der Waals surface area contributed by atoms with E-state index in [-0.39, 0.29) is 12.0 Å². The molecule has 0 heterocycles. The van der Waals surface area contributed by atoms with Gasteiger partial charge in [-0.05, 0) is 55.5 Å². The molecule has 0 aliphatic carbocycles. The summed E-state index contributed by atoms with van der Waals surface area (Å²) in [5.74, 6) is 0.671. The molecule has 0 aromatic heterocycles. The first-order chi connectivity index (χ1) is 11.5. The van der Waals surface area contributed by atoms with E-state index in [0.717, 1.165) is 16.5 Å². The van der Waals surface area contributed by atoms with Crippen molar-refractivity contribution in [2.75, 3.05) is 19.0 Å². The minimum atomic E-state index is -0.351. The van der Waals surface area contributed by atoms with Gasteiger partial charge in [-0.15, -0.1) is 0 Å². The lowest BCUT2D eigenvalue weighted by Gasteiger charge is -2.22. The second kappa shape index (κ2) is 8.60. The van der Waals surface area contributed by atoms with Gasteiger partial charge in [-0.1, -0.05) is 18.5 Å². The largest absolute Gasteiger partial charge is 0.493 e. The maximum Gasteiger partial charge on any atom is 0.337 e. The van der Waals surface area contributed by atoms with E-state index in [0.29, 0.717) is 18.1 Å². The highest BCUT2D eigenvalue weighted by Crippen LogP contribution is 2.18. The van der Waals surface area contributed by atoms with Gasteiger partial charge < -0.3 is 14.8 Å². The average Bonchev–Trinajstić information content (AvgIpc) is 2.61. The predicted molar refractivity (Wildman–Crippen MR) is 97.0 cm³/mol. The quantitative estimate of drug-likeness (QED) is 0.741. The summed E-state index contributed by atoms with van der Waals surface area (Å²) < 4.78 is 10.5. The van der Waals surface area contributed by atoms with Crippen molar-refractivity contribution in [2.45, 2.75) is 19.9 Å². The molecule has 4 nitrogen and oxygen atoms in total. The van der Waals surface area contributed by atoms with E-state index in [1.165, 1.54) is 7.11 Å². The maximum absolute atomic E-state index is 11.4. The number of anilines is 1. The topological polar surface area (TPSA) is 47.6 Å². The first-order valence-corrected chi connectivity index (χ1v) is 8.20. The van der Waals surface area contributed by atoms with Gasteiger partial charge >= 0.3 is 5.97 Å². The van der Waals surface area contributed by atoms with Crippen molar-refractivity contribution < 1.29 is 14.3 Å². The Labute approximate surface area is 147 Å². The highest BCUT2D eigenvalue weighted by molar-refractivity contribution is 6.30. The Bertz CT molecular complexity index is 655. The fourth-order valence-corrected chi connectivity index (χ4v) is 2.25. The highest BCUT2D eigenvalue weighted by Gasteiger charge is 2.13. The van der Waals surface area contributed by atoms with Crippen LogP contribution in [-0.2, 0) is 4.74 Å². The molecule has 0 saturated heterocycles. The van der Waals surface area contributed by atoms with Crippen LogP contribution >= 0.6 is 11.6 Å². The SMILES string of the molecule is COC(=O)c1ccc(OCC(C)C(C)Nc2ccc(Cl)cc2)cc1. The third kappa shape index (κ3) is 5.17. The fourth-order valence-electron chi connectivity index (χ4n) is 2.13. The van der Waals surface area contributed by atoms with E-state index in [4.69, 9.17) is 16.3 Å². The third-order valence-corrected chi connectivity index (χ3v) is 4.13. The number of carbonyl (C=O) groups excluding carboxylic acids is 1. The van der Waals surface area contributed by atoms with Crippen LogP contribution < -0.4 is 10.1 Å². The van der Waals surface area contributed by atoms with E-state index < -0.39 is 0 Å². The van der Waals surface area contributed by atoms with Crippen LogP contribution in [0.1, 0.15) is 24.2 Å². The molecule has 0 fully saturated rings. The van der Waals surface area contributed by atoms with Crippen molar-refractivity contribution in [1.29, 1.82) is 0 Å². The monoisotopic (exact) mass is 347 g/mol. The zero-order valence-electron chi connectivity index (χ0n) is 14.1. The van der Waals surface area contributed by atoms with Crippen molar-refractivity contribution in [1.82, 2.24) is 0 Å². The number of esters is 1. The van der Waals surface area contributed by atoms with Crippen LogP contribution in [0.3, 0.4) is 0 Å². The van der Waals surface area contributed by atoms with Crippen LogP contribution in [-0.4, -0.2) is 25.7 Å². The summed E-state index contributed by atoms with van der Waals surface area (Å²) in [6, 6.07) is 14.8. The molecule has 0 saturated carbocycles. The normalized spacial score (nSPS) is 13.0. The van der Waals surface area contributed by atoms with Gasteiger partial charge in [0.05, 0.1) is 19.3 Å². The summed E-state index contributed by atoms with van der Waals surface area (Å²) in [6.07, 6.45) is 0. The Hall–Kier alpha value is -2.20. The van der Waals surface area contributed by atoms with Gasteiger partial charge in [0.1, 0.15) is 5.75 Å². The summed E-state index contributed by atoms with van der Waals surface area (Å²) in [7, 11) is 1.36. The maximum atomic E-state index is 11.4. The average molecular weight is 348 g/mol. The molecular formula is C19H22ClNO3. The van der Waals surface area contributed by atoms with E-state index in [1.807, 2.05) is 24.3 Å². The summed E-state index contributed by atoms with van der Waals surface area (Å²) in [5.41, 5.74) is 1.54. The van der Waals surface area contributed by atoms with Crippen molar-refractivity contribution in [3.63, 3.8) is 0 Å². The van der Waals surface area contributed by atoms with Gasteiger partial charge in [0.25, 0.3) is 0 Å². The van der Waals surface area contributed by atoms with Gasteiger partial charge in [0, 0.05) is 22.7 Å². The van der Waals surface area contributed by atoms with E-state index in [2.05, 4.69) is 23.9 Å². The predicted octanol–water partition coefficient (Wildman–Crippen LogP) is 4.64. The smallest absolute Gasteiger partial charge is 0.337 e. The van der Waals surface area contributed by atoms with Crippen LogP contribution in [0.4, 0.5) is 5.69 Å². The van der Waals surface area contributed by atoms with Gasteiger partial charge in [0.15, 0.2) is 0 Å². The first kappa shape index (κ1) is 18.1. The number of nitrogens with one attached hydrogen (secondary N) is 1. The molecule has 24 heavy (non-hydrogen) atoms. The number of hydrogen-bond donors (Lipinski definition) is 1. The lowest BCUT2D eigenvalue weighted by atomic mass is 10.0.